The summed E-state index contributed by atoms with van der Waals surface area (Å²) >= 11 is 11.6. The summed E-state index contributed by atoms with van der Waals surface area (Å²) in [5.74, 6) is -0.597. The number of phenolic OH excluding ortho intramolecular Hbond substituents is 1. The average molecular weight is 380 g/mol. The van der Waals surface area contributed by atoms with Crippen LogP contribution in [0.4, 0.5) is 0 Å². The lowest BCUT2D eigenvalue weighted by Crippen LogP contribution is -2.29. The summed E-state index contributed by atoms with van der Waals surface area (Å²) < 4.78 is 0. The molecule has 0 aliphatic rings. The van der Waals surface area contributed by atoms with Crippen LogP contribution in [0.15, 0.2) is 47.6 Å². The molecule has 0 saturated heterocycles. The summed E-state index contributed by atoms with van der Waals surface area (Å²) in [6.45, 7) is 0.145. The summed E-state index contributed by atoms with van der Waals surface area (Å²) in [4.78, 5) is 23.6. The molecule has 2 amide bonds. The monoisotopic (exact) mass is 379 g/mol. The van der Waals surface area contributed by atoms with Crippen molar-refractivity contribution >= 4 is 41.2 Å². The number of amides is 2. The van der Waals surface area contributed by atoms with Crippen LogP contribution >= 0.6 is 23.2 Å². The van der Waals surface area contributed by atoms with Crippen LogP contribution in [0.3, 0.4) is 0 Å². The maximum Gasteiger partial charge on any atom is 0.251 e. The quantitative estimate of drug-likeness (QED) is 0.532. The fraction of sp³-hybridized carbons (Fsp3) is 0.118. The van der Waals surface area contributed by atoms with Gasteiger partial charge in [0.25, 0.3) is 5.91 Å². The number of aromatic hydroxyl groups is 1. The molecule has 0 bridgehead atoms. The predicted octanol–water partition coefficient (Wildman–Crippen LogP) is 2.97. The fourth-order valence-electron chi connectivity index (χ4n) is 1.87. The van der Waals surface area contributed by atoms with Gasteiger partial charge in [-0.15, -0.1) is 0 Å². The van der Waals surface area contributed by atoms with Crippen molar-refractivity contribution in [2.45, 2.75) is 6.42 Å². The van der Waals surface area contributed by atoms with Gasteiger partial charge in [-0.25, -0.2) is 5.43 Å². The maximum absolute atomic E-state index is 11.9. The van der Waals surface area contributed by atoms with Gasteiger partial charge in [-0.2, -0.15) is 5.10 Å². The highest BCUT2D eigenvalue weighted by Gasteiger charge is 2.08. The van der Waals surface area contributed by atoms with E-state index in [4.69, 9.17) is 23.2 Å². The van der Waals surface area contributed by atoms with Crippen LogP contribution in [-0.2, 0) is 4.79 Å². The van der Waals surface area contributed by atoms with Gasteiger partial charge in [-0.05, 0) is 35.9 Å². The van der Waals surface area contributed by atoms with Crippen LogP contribution in [0.2, 0.25) is 10.0 Å². The Morgan fingerprint density at radius 2 is 1.92 bits per heavy atom. The van der Waals surface area contributed by atoms with Crippen molar-refractivity contribution in [3.8, 4) is 5.75 Å². The third-order valence-electron chi connectivity index (χ3n) is 3.09. The lowest BCUT2D eigenvalue weighted by atomic mass is 10.2. The topological polar surface area (TPSA) is 90.8 Å². The summed E-state index contributed by atoms with van der Waals surface area (Å²) in [7, 11) is 0. The number of hydrogen-bond acceptors (Lipinski definition) is 4. The van der Waals surface area contributed by atoms with E-state index in [2.05, 4.69) is 15.8 Å². The first-order chi connectivity index (χ1) is 12.0. The molecule has 0 atom stereocenters. The van der Waals surface area contributed by atoms with E-state index in [-0.39, 0.29) is 35.6 Å². The van der Waals surface area contributed by atoms with Crippen molar-refractivity contribution in [3.63, 3.8) is 0 Å². The molecule has 0 spiro atoms. The largest absolute Gasteiger partial charge is 0.508 e. The second-order valence-electron chi connectivity index (χ2n) is 5.02. The van der Waals surface area contributed by atoms with Gasteiger partial charge in [0.05, 0.1) is 16.3 Å². The molecule has 0 unspecified atom stereocenters. The van der Waals surface area contributed by atoms with Crippen molar-refractivity contribution in [1.29, 1.82) is 0 Å². The summed E-state index contributed by atoms with van der Waals surface area (Å²) in [5.41, 5.74) is 3.34. The van der Waals surface area contributed by atoms with Crippen LogP contribution in [0.1, 0.15) is 22.3 Å². The molecule has 25 heavy (non-hydrogen) atoms. The number of nitrogens with one attached hydrogen (secondary N) is 2. The summed E-state index contributed by atoms with van der Waals surface area (Å²) in [6.07, 6.45) is 1.47. The van der Waals surface area contributed by atoms with Gasteiger partial charge >= 0.3 is 0 Å². The summed E-state index contributed by atoms with van der Waals surface area (Å²) in [5, 5.41) is 16.3. The lowest BCUT2D eigenvalue weighted by molar-refractivity contribution is -0.120. The molecule has 2 aromatic carbocycles. The number of hydrogen-bond donors (Lipinski definition) is 3. The summed E-state index contributed by atoms with van der Waals surface area (Å²) in [6, 6.07) is 11.0. The number of nitrogens with zero attached hydrogens (tertiary/aromatic N) is 1. The molecule has 6 nitrogen and oxygen atoms in total. The van der Waals surface area contributed by atoms with Crippen molar-refractivity contribution in [1.82, 2.24) is 10.7 Å². The molecule has 130 valence electrons. The van der Waals surface area contributed by atoms with Crippen LogP contribution in [0, 0.1) is 0 Å². The van der Waals surface area contributed by atoms with E-state index in [1.165, 1.54) is 30.5 Å². The minimum absolute atomic E-state index is 0.0600. The van der Waals surface area contributed by atoms with E-state index >= 15 is 0 Å². The van der Waals surface area contributed by atoms with E-state index in [1.54, 1.807) is 18.2 Å². The number of hydrazone groups is 1. The number of phenols is 1. The first-order valence-electron chi connectivity index (χ1n) is 7.30. The predicted molar refractivity (Wildman–Crippen MR) is 97.3 cm³/mol. The Kier molecular flexibility index (Phi) is 6.80. The molecular formula is C17H15Cl2N3O3. The number of carbonyl (C=O) groups excluding carboxylic acids is 2. The Labute approximate surface area is 154 Å². The van der Waals surface area contributed by atoms with E-state index in [0.29, 0.717) is 16.1 Å². The molecule has 3 N–H and O–H groups in total. The van der Waals surface area contributed by atoms with E-state index in [9.17, 15) is 14.7 Å². The van der Waals surface area contributed by atoms with Crippen molar-refractivity contribution in [2.75, 3.05) is 6.54 Å². The molecule has 8 heteroatoms. The van der Waals surface area contributed by atoms with Gasteiger partial charge < -0.3 is 10.4 Å². The van der Waals surface area contributed by atoms with Crippen molar-refractivity contribution in [3.05, 3.63) is 63.6 Å². The fourth-order valence-corrected chi connectivity index (χ4v) is 2.17. The first-order valence-corrected chi connectivity index (χ1v) is 8.05. The highest BCUT2D eigenvalue weighted by atomic mass is 35.5. The molecule has 2 rings (SSSR count). The molecule has 0 aromatic heterocycles. The highest BCUT2D eigenvalue weighted by molar-refractivity contribution is 6.42. The molecular weight excluding hydrogens is 365 g/mol. The lowest BCUT2D eigenvalue weighted by Gasteiger charge is -2.05. The van der Waals surface area contributed by atoms with E-state index in [1.807, 2.05) is 0 Å². The minimum Gasteiger partial charge on any atom is -0.508 e. The number of benzene rings is 2. The van der Waals surface area contributed by atoms with Crippen molar-refractivity contribution < 1.29 is 14.7 Å². The molecule has 0 radical (unpaired) electrons. The Balaban J connectivity index is 1.74. The Morgan fingerprint density at radius 1 is 1.12 bits per heavy atom. The minimum atomic E-state index is -0.356. The zero-order chi connectivity index (χ0) is 18.2. The third-order valence-corrected chi connectivity index (χ3v) is 3.83. The maximum atomic E-state index is 11.9. The van der Waals surface area contributed by atoms with E-state index < -0.39 is 0 Å². The second kappa shape index (κ2) is 9.05. The average Bonchev–Trinajstić information content (AvgIpc) is 2.57. The first kappa shape index (κ1) is 18.8. The SMILES string of the molecule is O=C(CCNC(=O)c1ccc(Cl)c(Cl)c1)NN=Cc1cccc(O)c1. The van der Waals surface area contributed by atoms with Crippen LogP contribution in [-0.4, -0.2) is 29.7 Å². The van der Waals surface area contributed by atoms with Gasteiger partial charge in [-0.1, -0.05) is 35.3 Å². The number of carbonyl (C=O) groups is 2. The molecule has 0 heterocycles. The number of rotatable bonds is 6. The van der Waals surface area contributed by atoms with Crippen LogP contribution in [0.5, 0.6) is 5.75 Å². The Morgan fingerprint density at radius 3 is 2.64 bits per heavy atom. The zero-order valence-corrected chi connectivity index (χ0v) is 14.5. The molecule has 2 aromatic rings. The smallest absolute Gasteiger partial charge is 0.251 e. The van der Waals surface area contributed by atoms with Gasteiger partial charge in [-0.3, -0.25) is 9.59 Å². The highest BCUT2D eigenvalue weighted by Crippen LogP contribution is 2.22. The van der Waals surface area contributed by atoms with Gasteiger partial charge in [0.2, 0.25) is 5.91 Å². The number of halogens is 2. The second-order valence-corrected chi connectivity index (χ2v) is 5.84. The molecule has 0 saturated carbocycles. The Hall–Kier alpha value is -2.57. The third kappa shape index (κ3) is 6.10. The normalized spacial score (nSPS) is 10.6. The van der Waals surface area contributed by atoms with Crippen molar-refractivity contribution in [2.24, 2.45) is 5.10 Å². The molecule has 0 fully saturated rings. The standard InChI is InChI=1S/C17H15Cl2N3O3/c18-14-5-4-12(9-15(14)19)17(25)20-7-6-16(24)22-21-10-11-2-1-3-13(23)8-11/h1-5,8-10,23H,6-7H2,(H,20,25)(H,22,24). The molecule has 0 aliphatic carbocycles. The Bertz CT molecular complexity index is 809. The van der Waals surface area contributed by atoms with Gasteiger partial charge in [0, 0.05) is 18.5 Å². The van der Waals surface area contributed by atoms with Crippen LogP contribution < -0.4 is 10.7 Å². The van der Waals surface area contributed by atoms with Gasteiger partial charge in [0.1, 0.15) is 5.75 Å². The van der Waals surface area contributed by atoms with Gasteiger partial charge in [0.15, 0.2) is 0 Å². The zero-order valence-electron chi connectivity index (χ0n) is 13.0. The molecule has 0 aliphatic heterocycles. The van der Waals surface area contributed by atoms with E-state index in [0.717, 1.165) is 0 Å². The van der Waals surface area contributed by atoms with Crippen LogP contribution in [0.25, 0.3) is 0 Å².